The first kappa shape index (κ1) is 18.3. The molecule has 0 aliphatic rings. The molecule has 0 N–H and O–H groups in total. The van der Waals surface area contributed by atoms with Gasteiger partial charge in [-0.1, -0.05) is 77.9 Å². The summed E-state index contributed by atoms with van der Waals surface area (Å²) in [5.41, 5.74) is 9.65. The van der Waals surface area contributed by atoms with Crippen LogP contribution in [0.1, 0.15) is 11.1 Å². The van der Waals surface area contributed by atoms with Crippen LogP contribution >= 0.6 is 0 Å². The first-order valence-corrected chi connectivity index (χ1v) is 10.2. The molecule has 144 valence electrons. The van der Waals surface area contributed by atoms with Crippen molar-refractivity contribution in [3.63, 3.8) is 0 Å². The number of hydrogen-bond donors (Lipinski definition) is 0. The van der Waals surface area contributed by atoms with Crippen LogP contribution in [0.4, 0.5) is 0 Å². The van der Waals surface area contributed by atoms with Crippen molar-refractivity contribution in [2.24, 2.45) is 0 Å². The number of aryl methyl sites for hydroxylation is 2. The predicted octanol–water partition coefficient (Wildman–Crippen LogP) is 7.25. The summed E-state index contributed by atoms with van der Waals surface area (Å²) in [4.78, 5) is 10.0. The lowest BCUT2D eigenvalue weighted by atomic mass is 10.0. The molecule has 0 spiro atoms. The van der Waals surface area contributed by atoms with Crippen molar-refractivity contribution in [2.45, 2.75) is 13.8 Å². The van der Waals surface area contributed by atoms with E-state index in [1.807, 2.05) is 0 Å². The Morgan fingerprint density at radius 3 is 1.80 bits per heavy atom. The quantitative estimate of drug-likeness (QED) is 0.326. The second-order valence-corrected chi connectivity index (χ2v) is 7.72. The molecule has 0 aliphatic carbocycles. The third-order valence-corrected chi connectivity index (χ3v) is 5.37. The molecule has 0 saturated heterocycles. The van der Waals surface area contributed by atoms with Crippen LogP contribution in [0.2, 0.25) is 0 Å². The van der Waals surface area contributed by atoms with E-state index in [4.69, 9.17) is 9.97 Å². The third-order valence-electron chi connectivity index (χ3n) is 5.37. The first-order chi connectivity index (χ1) is 14.7. The van der Waals surface area contributed by atoms with Crippen LogP contribution < -0.4 is 0 Å². The highest BCUT2D eigenvalue weighted by atomic mass is 14.7. The highest BCUT2D eigenvalue weighted by molar-refractivity contribution is 5.94. The second kappa shape index (κ2) is 7.57. The number of rotatable bonds is 3. The number of fused-ring (bicyclic) bond motifs is 1. The summed E-state index contributed by atoms with van der Waals surface area (Å²) in [7, 11) is 0. The maximum Gasteiger partial charge on any atom is 0.0803 e. The van der Waals surface area contributed by atoms with Gasteiger partial charge in [-0.15, -0.1) is 0 Å². The van der Waals surface area contributed by atoms with Crippen LogP contribution in [0.3, 0.4) is 0 Å². The molecule has 0 atom stereocenters. The zero-order chi connectivity index (χ0) is 20.5. The van der Waals surface area contributed by atoms with E-state index < -0.39 is 0 Å². The number of para-hydroxylation sites is 1. The lowest BCUT2D eigenvalue weighted by Gasteiger charge is -2.10. The number of benzene rings is 3. The summed E-state index contributed by atoms with van der Waals surface area (Å²) >= 11 is 0. The molecule has 30 heavy (non-hydrogen) atoms. The van der Waals surface area contributed by atoms with Crippen LogP contribution in [0.5, 0.6) is 0 Å². The SMILES string of the molecule is Cc1cccc(-c2cccc(-c3cccc4ccc(-c5cccc(C)c5)nc34)n2)c1. The second-order valence-electron chi connectivity index (χ2n) is 7.72. The Morgan fingerprint density at radius 1 is 0.500 bits per heavy atom. The Labute approximate surface area is 176 Å². The number of aromatic nitrogens is 2. The molecule has 0 saturated carbocycles. The molecule has 0 fully saturated rings. The van der Waals surface area contributed by atoms with Crippen molar-refractivity contribution in [3.8, 4) is 33.8 Å². The first-order valence-electron chi connectivity index (χ1n) is 10.2. The molecule has 0 bridgehead atoms. The van der Waals surface area contributed by atoms with E-state index >= 15 is 0 Å². The van der Waals surface area contributed by atoms with E-state index in [1.54, 1.807) is 0 Å². The van der Waals surface area contributed by atoms with Crippen LogP contribution in [0.25, 0.3) is 44.7 Å². The highest BCUT2D eigenvalue weighted by Crippen LogP contribution is 2.30. The zero-order valence-electron chi connectivity index (χ0n) is 17.1. The molecule has 2 nitrogen and oxygen atoms in total. The lowest BCUT2D eigenvalue weighted by Crippen LogP contribution is -1.92. The summed E-state index contributed by atoms with van der Waals surface area (Å²) in [6.45, 7) is 4.21. The summed E-state index contributed by atoms with van der Waals surface area (Å²) in [5.74, 6) is 0. The van der Waals surface area contributed by atoms with E-state index in [0.29, 0.717) is 0 Å². The van der Waals surface area contributed by atoms with Crippen LogP contribution in [-0.4, -0.2) is 9.97 Å². The summed E-state index contributed by atoms with van der Waals surface area (Å²) in [6.07, 6.45) is 0. The number of nitrogens with zero attached hydrogens (tertiary/aromatic N) is 2. The van der Waals surface area contributed by atoms with Crippen LogP contribution in [0, 0.1) is 13.8 Å². The number of pyridine rings is 2. The highest BCUT2D eigenvalue weighted by Gasteiger charge is 2.10. The van der Waals surface area contributed by atoms with Gasteiger partial charge in [0.15, 0.2) is 0 Å². The van der Waals surface area contributed by atoms with E-state index in [2.05, 4.69) is 111 Å². The molecule has 0 radical (unpaired) electrons. The van der Waals surface area contributed by atoms with Crippen molar-refractivity contribution < 1.29 is 0 Å². The van der Waals surface area contributed by atoms with Gasteiger partial charge in [0.1, 0.15) is 0 Å². The summed E-state index contributed by atoms with van der Waals surface area (Å²) in [6, 6.07) is 33.7. The largest absolute Gasteiger partial charge is 0.248 e. The van der Waals surface area contributed by atoms with E-state index in [-0.39, 0.29) is 0 Å². The van der Waals surface area contributed by atoms with Gasteiger partial charge in [-0.25, -0.2) is 9.97 Å². The van der Waals surface area contributed by atoms with Gasteiger partial charge in [0.2, 0.25) is 0 Å². The third kappa shape index (κ3) is 3.48. The Balaban J connectivity index is 1.66. The normalized spacial score (nSPS) is 11.0. The maximum absolute atomic E-state index is 5.04. The van der Waals surface area contributed by atoms with Crippen molar-refractivity contribution >= 4 is 10.9 Å². The fourth-order valence-electron chi connectivity index (χ4n) is 3.87. The van der Waals surface area contributed by atoms with E-state index in [9.17, 15) is 0 Å². The van der Waals surface area contributed by atoms with E-state index in [1.165, 1.54) is 11.1 Å². The topological polar surface area (TPSA) is 25.8 Å². The fourth-order valence-corrected chi connectivity index (χ4v) is 3.87. The average molecular weight is 386 g/mol. The van der Waals surface area contributed by atoms with Crippen LogP contribution in [-0.2, 0) is 0 Å². The Kier molecular flexibility index (Phi) is 4.61. The standard InChI is InChI=1S/C28H22N2/c1-19-7-3-10-22(17-19)25-13-6-14-27(29-25)24-12-5-9-21-15-16-26(30-28(21)24)23-11-4-8-20(2)18-23/h3-18H,1-2H3. The van der Waals surface area contributed by atoms with Crippen LogP contribution in [0.15, 0.2) is 97.1 Å². The van der Waals surface area contributed by atoms with Gasteiger partial charge in [-0.2, -0.15) is 0 Å². The van der Waals surface area contributed by atoms with Gasteiger partial charge in [-0.05, 0) is 44.2 Å². The Bertz CT molecular complexity index is 1370. The molecular formula is C28H22N2. The lowest BCUT2D eigenvalue weighted by molar-refractivity contribution is 1.31. The van der Waals surface area contributed by atoms with Crippen molar-refractivity contribution in [3.05, 3.63) is 108 Å². The Hall–Kier alpha value is -3.78. The molecule has 0 aliphatic heterocycles. The average Bonchev–Trinajstić information content (AvgIpc) is 2.78. The number of hydrogen-bond acceptors (Lipinski definition) is 2. The minimum atomic E-state index is 0.938. The predicted molar refractivity (Wildman–Crippen MR) is 125 cm³/mol. The molecular weight excluding hydrogens is 364 g/mol. The summed E-state index contributed by atoms with van der Waals surface area (Å²) in [5, 5.41) is 1.12. The Morgan fingerprint density at radius 2 is 1.10 bits per heavy atom. The maximum atomic E-state index is 5.04. The summed E-state index contributed by atoms with van der Waals surface area (Å²) < 4.78 is 0. The molecule has 2 aromatic heterocycles. The van der Waals surface area contributed by atoms with Crippen molar-refractivity contribution in [1.82, 2.24) is 9.97 Å². The zero-order valence-corrected chi connectivity index (χ0v) is 17.1. The molecule has 5 rings (SSSR count). The van der Waals surface area contributed by atoms with Crippen molar-refractivity contribution in [1.29, 1.82) is 0 Å². The monoisotopic (exact) mass is 386 g/mol. The van der Waals surface area contributed by atoms with Gasteiger partial charge >= 0.3 is 0 Å². The van der Waals surface area contributed by atoms with E-state index in [0.717, 1.165) is 44.7 Å². The molecule has 2 heteroatoms. The van der Waals surface area contributed by atoms with Gasteiger partial charge in [0.05, 0.1) is 22.6 Å². The van der Waals surface area contributed by atoms with Gasteiger partial charge < -0.3 is 0 Å². The van der Waals surface area contributed by atoms with Gasteiger partial charge in [0, 0.05) is 22.1 Å². The smallest absolute Gasteiger partial charge is 0.0803 e. The molecule has 0 amide bonds. The van der Waals surface area contributed by atoms with Gasteiger partial charge in [-0.3, -0.25) is 0 Å². The minimum Gasteiger partial charge on any atom is -0.248 e. The molecule has 3 aromatic carbocycles. The van der Waals surface area contributed by atoms with Gasteiger partial charge in [0.25, 0.3) is 0 Å². The molecule has 2 heterocycles. The fraction of sp³-hybridized carbons (Fsp3) is 0.0714. The van der Waals surface area contributed by atoms with Crippen molar-refractivity contribution in [2.75, 3.05) is 0 Å². The minimum absolute atomic E-state index is 0.938. The molecule has 5 aromatic rings. The molecule has 0 unspecified atom stereocenters.